The molecule has 36 heavy (non-hydrogen) atoms. The maximum Gasteiger partial charge on any atom is 0.255 e. The molecule has 9 nitrogen and oxygen atoms in total. The molecule has 3 aromatic carbocycles. The second-order valence-corrected chi connectivity index (χ2v) is 7.95. The van der Waals surface area contributed by atoms with Crippen molar-refractivity contribution in [2.45, 2.75) is 13.3 Å². The molecule has 0 aliphatic heterocycles. The number of aromatic nitrogens is 2. The molecule has 184 valence electrons. The molecule has 4 rings (SSSR count). The quantitative estimate of drug-likeness (QED) is 0.340. The van der Waals surface area contributed by atoms with Crippen molar-refractivity contribution in [1.29, 1.82) is 0 Å². The fourth-order valence-corrected chi connectivity index (χ4v) is 4.06. The van der Waals surface area contributed by atoms with Crippen LogP contribution in [0.25, 0.3) is 22.2 Å². The van der Waals surface area contributed by atoms with Gasteiger partial charge in [-0.3, -0.25) is 9.59 Å². The Labute approximate surface area is 208 Å². The first-order valence-corrected chi connectivity index (χ1v) is 11.3. The minimum Gasteiger partial charge on any atom is -0.493 e. The molecule has 4 aromatic rings. The van der Waals surface area contributed by atoms with Gasteiger partial charge in [0.25, 0.3) is 5.91 Å². The Bertz CT molecular complexity index is 1450. The third kappa shape index (κ3) is 4.63. The number of benzene rings is 3. The minimum atomic E-state index is -0.546. The van der Waals surface area contributed by atoms with Gasteiger partial charge in [0, 0.05) is 40.9 Å². The number of hydrogen-bond donors (Lipinski definition) is 3. The van der Waals surface area contributed by atoms with Crippen LogP contribution in [-0.4, -0.2) is 43.0 Å². The van der Waals surface area contributed by atoms with Gasteiger partial charge < -0.3 is 25.8 Å². The van der Waals surface area contributed by atoms with E-state index in [4.69, 9.17) is 20.2 Å². The molecule has 9 heteroatoms. The second-order valence-electron chi connectivity index (χ2n) is 7.95. The van der Waals surface area contributed by atoms with Crippen molar-refractivity contribution in [3.63, 3.8) is 0 Å². The monoisotopic (exact) mass is 485 g/mol. The van der Waals surface area contributed by atoms with Gasteiger partial charge in [-0.1, -0.05) is 19.1 Å². The van der Waals surface area contributed by atoms with Crippen LogP contribution >= 0.6 is 0 Å². The lowest BCUT2D eigenvalue weighted by molar-refractivity contribution is 0.0995. The number of fused-ring (bicyclic) bond motifs is 1. The van der Waals surface area contributed by atoms with E-state index in [-0.39, 0.29) is 5.91 Å². The lowest BCUT2D eigenvalue weighted by Crippen LogP contribution is -2.15. The van der Waals surface area contributed by atoms with Crippen molar-refractivity contribution in [3.8, 4) is 22.8 Å². The summed E-state index contributed by atoms with van der Waals surface area (Å²) in [6.45, 7) is 2.02. The van der Waals surface area contributed by atoms with E-state index in [0.29, 0.717) is 51.9 Å². The average Bonchev–Trinajstić information content (AvgIpc) is 2.91. The number of amides is 2. The number of nitrogens with two attached hydrogens (primary N) is 1. The molecule has 0 atom stereocenters. The summed E-state index contributed by atoms with van der Waals surface area (Å²) in [7, 11) is 4.91. The summed E-state index contributed by atoms with van der Waals surface area (Å²) in [5, 5.41) is 6.80. The van der Waals surface area contributed by atoms with Crippen LogP contribution in [0.15, 0.2) is 54.6 Å². The number of rotatable bonds is 8. The maximum atomic E-state index is 13.0. The fourth-order valence-electron chi connectivity index (χ4n) is 4.06. The molecule has 1 aromatic heterocycles. The summed E-state index contributed by atoms with van der Waals surface area (Å²) in [5.41, 5.74) is 9.87. The highest BCUT2D eigenvalue weighted by Gasteiger charge is 2.19. The van der Waals surface area contributed by atoms with Gasteiger partial charge in [-0.2, -0.15) is 0 Å². The molecule has 0 spiro atoms. The Kier molecular flexibility index (Phi) is 7.00. The topological polar surface area (TPSA) is 128 Å². The van der Waals surface area contributed by atoms with Crippen LogP contribution in [0, 0.1) is 0 Å². The van der Waals surface area contributed by atoms with Crippen molar-refractivity contribution in [2.75, 3.05) is 31.9 Å². The number of anilines is 2. The molecule has 0 unspecified atom stereocenters. The zero-order chi connectivity index (χ0) is 25.8. The molecule has 0 saturated heterocycles. The summed E-state index contributed by atoms with van der Waals surface area (Å²) >= 11 is 0. The Morgan fingerprint density at radius 1 is 0.944 bits per heavy atom. The first kappa shape index (κ1) is 24.5. The molecule has 0 aliphatic carbocycles. The van der Waals surface area contributed by atoms with E-state index >= 15 is 0 Å². The normalized spacial score (nSPS) is 10.7. The van der Waals surface area contributed by atoms with E-state index < -0.39 is 5.91 Å². The molecule has 4 N–H and O–H groups in total. The zero-order valence-electron chi connectivity index (χ0n) is 20.5. The smallest absolute Gasteiger partial charge is 0.255 e. The molecule has 1 heterocycles. The number of methoxy groups -OCH3 is 2. The maximum absolute atomic E-state index is 13.0. The lowest BCUT2D eigenvalue weighted by atomic mass is 9.97. The standard InChI is InChI=1S/C27H27N5O4/c1-5-17-18(7-6-8-20(17)30-26(34)16-11-9-15(10-12-16)25(28)33)24-19-13-22(35-3)23(36-4)14-21(19)31-27(29-2)32-24/h6-14H,5H2,1-4H3,(H2,28,33)(H,30,34)(H,29,31,32). The van der Waals surface area contributed by atoms with Gasteiger partial charge in [-0.15, -0.1) is 0 Å². The SMILES string of the molecule is CCc1c(NC(=O)c2ccc(C(N)=O)cc2)cccc1-c1nc(NC)nc2cc(OC)c(OC)cc12. The number of carbonyl (C=O) groups is 2. The van der Waals surface area contributed by atoms with Crippen molar-refractivity contribution in [2.24, 2.45) is 5.73 Å². The van der Waals surface area contributed by atoms with E-state index in [2.05, 4.69) is 15.6 Å². The largest absolute Gasteiger partial charge is 0.493 e. The van der Waals surface area contributed by atoms with Crippen molar-refractivity contribution >= 4 is 34.4 Å². The highest BCUT2D eigenvalue weighted by Crippen LogP contribution is 2.38. The van der Waals surface area contributed by atoms with Crippen molar-refractivity contribution in [1.82, 2.24) is 9.97 Å². The first-order valence-electron chi connectivity index (χ1n) is 11.3. The predicted molar refractivity (Wildman–Crippen MR) is 140 cm³/mol. The van der Waals surface area contributed by atoms with Gasteiger partial charge in [-0.25, -0.2) is 9.97 Å². The van der Waals surface area contributed by atoms with Crippen molar-refractivity contribution < 1.29 is 19.1 Å². The van der Waals surface area contributed by atoms with Crippen LogP contribution in [0.5, 0.6) is 11.5 Å². The number of carbonyl (C=O) groups excluding carboxylic acids is 2. The third-order valence-electron chi connectivity index (χ3n) is 5.89. The van der Waals surface area contributed by atoms with Gasteiger partial charge in [-0.05, 0) is 48.4 Å². The first-order chi connectivity index (χ1) is 17.4. The Morgan fingerprint density at radius 2 is 1.61 bits per heavy atom. The Morgan fingerprint density at radius 3 is 2.22 bits per heavy atom. The van der Waals surface area contributed by atoms with Crippen LogP contribution in [0.4, 0.5) is 11.6 Å². The average molecular weight is 486 g/mol. The summed E-state index contributed by atoms with van der Waals surface area (Å²) < 4.78 is 11.0. The molecular formula is C27H27N5O4. The minimum absolute atomic E-state index is 0.298. The molecule has 0 fully saturated rings. The van der Waals surface area contributed by atoms with Gasteiger partial charge in [0.05, 0.1) is 25.4 Å². The third-order valence-corrected chi connectivity index (χ3v) is 5.89. The van der Waals surface area contributed by atoms with E-state index in [1.165, 1.54) is 12.1 Å². The number of nitrogens with zero attached hydrogens (tertiary/aromatic N) is 2. The summed E-state index contributed by atoms with van der Waals surface area (Å²) in [5.74, 6) is 0.739. The van der Waals surface area contributed by atoms with Crippen LogP contribution in [0.1, 0.15) is 33.2 Å². The highest BCUT2D eigenvalue weighted by atomic mass is 16.5. The number of ether oxygens (including phenoxy) is 2. The van der Waals surface area contributed by atoms with Crippen LogP contribution in [0.3, 0.4) is 0 Å². The number of primary amides is 1. The Balaban J connectivity index is 1.82. The van der Waals surface area contributed by atoms with E-state index in [1.54, 1.807) is 33.4 Å². The van der Waals surface area contributed by atoms with Crippen LogP contribution in [-0.2, 0) is 6.42 Å². The van der Waals surface area contributed by atoms with E-state index in [9.17, 15) is 9.59 Å². The predicted octanol–water partition coefficient (Wildman–Crippen LogP) is 4.27. The molecular weight excluding hydrogens is 458 g/mol. The number of nitrogens with one attached hydrogen (secondary N) is 2. The van der Waals surface area contributed by atoms with Gasteiger partial charge in [0.15, 0.2) is 11.5 Å². The van der Waals surface area contributed by atoms with E-state index in [1.807, 2.05) is 37.3 Å². The second kappa shape index (κ2) is 10.3. The van der Waals surface area contributed by atoms with Gasteiger partial charge in [0.2, 0.25) is 11.9 Å². The number of hydrogen-bond acceptors (Lipinski definition) is 7. The fraction of sp³-hybridized carbons (Fsp3) is 0.185. The molecule has 0 bridgehead atoms. The van der Waals surface area contributed by atoms with Crippen LogP contribution in [0.2, 0.25) is 0 Å². The summed E-state index contributed by atoms with van der Waals surface area (Å²) in [6.07, 6.45) is 0.639. The van der Waals surface area contributed by atoms with Gasteiger partial charge in [0.1, 0.15) is 0 Å². The highest BCUT2D eigenvalue weighted by molar-refractivity contribution is 6.06. The zero-order valence-corrected chi connectivity index (χ0v) is 20.5. The molecule has 2 amide bonds. The summed E-state index contributed by atoms with van der Waals surface area (Å²) in [4.78, 5) is 33.7. The molecule has 0 saturated carbocycles. The van der Waals surface area contributed by atoms with E-state index in [0.717, 1.165) is 16.5 Å². The lowest BCUT2D eigenvalue weighted by Gasteiger charge is -2.17. The van der Waals surface area contributed by atoms with Crippen molar-refractivity contribution in [3.05, 3.63) is 71.3 Å². The molecule has 0 aliphatic rings. The Hall–Kier alpha value is -4.66. The van der Waals surface area contributed by atoms with Gasteiger partial charge >= 0.3 is 0 Å². The van der Waals surface area contributed by atoms with Crippen LogP contribution < -0.4 is 25.8 Å². The molecule has 0 radical (unpaired) electrons. The summed E-state index contributed by atoms with van der Waals surface area (Å²) in [6, 6.07) is 15.6.